The van der Waals surface area contributed by atoms with Gasteiger partial charge < -0.3 is 16.0 Å². The van der Waals surface area contributed by atoms with Gasteiger partial charge in [0.1, 0.15) is 0 Å². The minimum absolute atomic E-state index is 0.224. The van der Waals surface area contributed by atoms with E-state index in [1.54, 1.807) is 0 Å². The van der Waals surface area contributed by atoms with Gasteiger partial charge in [-0.25, -0.2) is 18.2 Å². The summed E-state index contributed by atoms with van der Waals surface area (Å²) in [5, 5.41) is 7.99. The molecule has 0 fully saturated rings. The van der Waals surface area contributed by atoms with Crippen LogP contribution in [0.4, 0.5) is 18.9 Å². The Morgan fingerprint density at radius 3 is 2.56 bits per heavy atom. The summed E-state index contributed by atoms with van der Waals surface area (Å²) in [6, 6.07) is 9.57. The first-order valence-electron chi connectivity index (χ1n) is 8.41. The van der Waals surface area contributed by atoms with Crippen LogP contribution in [0, 0.1) is 24.4 Å². The zero-order valence-electron chi connectivity index (χ0n) is 15.1. The van der Waals surface area contributed by atoms with Gasteiger partial charge in [-0.3, -0.25) is 4.79 Å². The van der Waals surface area contributed by atoms with Gasteiger partial charge in [0.15, 0.2) is 23.4 Å². The van der Waals surface area contributed by atoms with Gasteiger partial charge in [0.05, 0.1) is 18.8 Å². The maximum absolute atomic E-state index is 13.6. The van der Waals surface area contributed by atoms with Crippen LogP contribution in [0.3, 0.4) is 0 Å². The number of nitrogens with one attached hydrogen (secondary N) is 3. The van der Waals surface area contributed by atoms with Crippen LogP contribution >= 0.6 is 0 Å². The molecule has 2 aromatic carbocycles. The van der Waals surface area contributed by atoms with Gasteiger partial charge in [0.25, 0.3) is 0 Å². The van der Waals surface area contributed by atoms with Crippen LogP contribution < -0.4 is 16.0 Å². The Hall–Kier alpha value is -3.03. The summed E-state index contributed by atoms with van der Waals surface area (Å²) in [5.41, 5.74) is 1.71. The first-order valence-corrected chi connectivity index (χ1v) is 8.41. The first kappa shape index (κ1) is 20.3. The Bertz CT molecular complexity index is 840. The Morgan fingerprint density at radius 2 is 1.85 bits per heavy atom. The topological polar surface area (TPSA) is 65.5 Å². The molecule has 144 valence electrons. The van der Waals surface area contributed by atoms with Crippen LogP contribution in [0.15, 0.2) is 41.4 Å². The molecule has 0 heterocycles. The number of anilines is 1. The van der Waals surface area contributed by atoms with E-state index in [-0.39, 0.29) is 6.54 Å². The van der Waals surface area contributed by atoms with E-state index >= 15 is 0 Å². The molecule has 3 N–H and O–H groups in total. The van der Waals surface area contributed by atoms with Crippen LogP contribution in [0.5, 0.6) is 0 Å². The molecule has 5 nitrogen and oxygen atoms in total. The fraction of sp³-hybridized carbons (Fsp3) is 0.263. The standard InChI is InChI=1S/C19H21F3N4O/c1-3-23-19(24-10-13-6-4-5-12(2)9-13)25-11-16(27)26-15-8-7-14(20)17(21)18(15)22/h4-9H,3,10-11H2,1-2H3,(H,26,27)(H2,23,24,25). The number of benzene rings is 2. The summed E-state index contributed by atoms with van der Waals surface area (Å²) in [6.45, 7) is 4.63. The van der Waals surface area contributed by atoms with Crippen molar-refractivity contribution in [3.63, 3.8) is 0 Å². The van der Waals surface area contributed by atoms with Crippen molar-refractivity contribution in [2.75, 3.05) is 18.4 Å². The molecule has 0 bridgehead atoms. The lowest BCUT2D eigenvalue weighted by Gasteiger charge is -2.12. The molecule has 2 aromatic rings. The highest BCUT2D eigenvalue weighted by atomic mass is 19.2. The summed E-state index contributed by atoms with van der Waals surface area (Å²) < 4.78 is 39.7. The Balaban J connectivity index is 1.95. The highest BCUT2D eigenvalue weighted by molar-refractivity contribution is 5.95. The second-order valence-corrected chi connectivity index (χ2v) is 5.81. The average molecular weight is 378 g/mol. The number of carbonyl (C=O) groups is 1. The summed E-state index contributed by atoms with van der Waals surface area (Å²) in [5.74, 6) is -4.61. The molecule has 0 aliphatic rings. The number of guanidine groups is 1. The fourth-order valence-corrected chi connectivity index (χ4v) is 2.30. The predicted octanol–water partition coefficient (Wildman–Crippen LogP) is 3.11. The molecule has 0 unspecified atom stereocenters. The maximum atomic E-state index is 13.6. The number of nitrogens with zero attached hydrogens (tertiary/aromatic N) is 1. The van der Waals surface area contributed by atoms with Crippen molar-refractivity contribution < 1.29 is 18.0 Å². The van der Waals surface area contributed by atoms with Gasteiger partial charge in [0.2, 0.25) is 5.91 Å². The lowest BCUT2D eigenvalue weighted by molar-refractivity contribution is -0.115. The van der Waals surface area contributed by atoms with Gasteiger partial charge >= 0.3 is 0 Å². The fourth-order valence-electron chi connectivity index (χ4n) is 2.30. The Morgan fingerprint density at radius 1 is 1.07 bits per heavy atom. The number of halogens is 3. The largest absolute Gasteiger partial charge is 0.357 e. The number of amides is 1. The molecule has 0 aromatic heterocycles. The van der Waals surface area contributed by atoms with E-state index in [1.807, 2.05) is 38.1 Å². The number of carbonyl (C=O) groups excluding carboxylic acids is 1. The van der Waals surface area contributed by atoms with E-state index in [0.717, 1.165) is 23.3 Å². The minimum atomic E-state index is -1.63. The number of hydrogen-bond donors (Lipinski definition) is 3. The van der Waals surface area contributed by atoms with Crippen molar-refractivity contribution in [3.8, 4) is 0 Å². The molecule has 0 atom stereocenters. The van der Waals surface area contributed by atoms with Crippen molar-refractivity contribution in [1.82, 2.24) is 10.6 Å². The van der Waals surface area contributed by atoms with Crippen LogP contribution in [0.2, 0.25) is 0 Å². The summed E-state index contributed by atoms with van der Waals surface area (Å²) in [6.07, 6.45) is 0. The zero-order chi connectivity index (χ0) is 19.8. The molecule has 0 spiro atoms. The zero-order valence-corrected chi connectivity index (χ0v) is 15.1. The number of aliphatic imine (C=N–C) groups is 1. The van der Waals surface area contributed by atoms with Gasteiger partial charge in [-0.15, -0.1) is 0 Å². The molecule has 0 aliphatic heterocycles. The van der Waals surface area contributed by atoms with E-state index in [0.29, 0.717) is 19.0 Å². The van der Waals surface area contributed by atoms with Crippen molar-refractivity contribution in [2.24, 2.45) is 4.99 Å². The highest BCUT2D eigenvalue weighted by Gasteiger charge is 2.15. The molecule has 0 aliphatic carbocycles. The van der Waals surface area contributed by atoms with Gasteiger partial charge in [0, 0.05) is 6.54 Å². The SMILES string of the molecule is CCNC(=NCc1cccc(C)c1)NCC(=O)Nc1ccc(F)c(F)c1F. The van der Waals surface area contributed by atoms with Crippen LogP contribution in [-0.4, -0.2) is 25.0 Å². The van der Waals surface area contributed by atoms with Crippen LogP contribution in [0.1, 0.15) is 18.1 Å². The third kappa shape index (κ3) is 6.02. The smallest absolute Gasteiger partial charge is 0.243 e. The normalized spacial score (nSPS) is 11.2. The molecule has 2 rings (SSSR count). The van der Waals surface area contributed by atoms with Crippen molar-refractivity contribution in [2.45, 2.75) is 20.4 Å². The second-order valence-electron chi connectivity index (χ2n) is 5.81. The average Bonchev–Trinajstić information content (AvgIpc) is 2.64. The molecule has 1 amide bonds. The van der Waals surface area contributed by atoms with Crippen LogP contribution in [-0.2, 0) is 11.3 Å². The molecule has 0 saturated heterocycles. The van der Waals surface area contributed by atoms with E-state index in [9.17, 15) is 18.0 Å². The van der Waals surface area contributed by atoms with Gasteiger partial charge in [-0.05, 0) is 31.5 Å². The van der Waals surface area contributed by atoms with E-state index in [2.05, 4.69) is 20.9 Å². The number of rotatable bonds is 6. The lowest BCUT2D eigenvalue weighted by atomic mass is 10.1. The number of hydrogen-bond acceptors (Lipinski definition) is 2. The maximum Gasteiger partial charge on any atom is 0.243 e. The lowest BCUT2D eigenvalue weighted by Crippen LogP contribution is -2.41. The van der Waals surface area contributed by atoms with Crippen molar-refractivity contribution in [3.05, 3.63) is 65.0 Å². The van der Waals surface area contributed by atoms with E-state index in [4.69, 9.17) is 0 Å². The molecule has 0 radical (unpaired) electrons. The third-order valence-corrected chi connectivity index (χ3v) is 3.57. The van der Waals surface area contributed by atoms with Crippen molar-refractivity contribution in [1.29, 1.82) is 0 Å². The third-order valence-electron chi connectivity index (χ3n) is 3.57. The Kier molecular flexibility index (Phi) is 7.22. The predicted molar refractivity (Wildman–Crippen MR) is 98.9 cm³/mol. The molecular formula is C19H21F3N4O. The summed E-state index contributed by atoms with van der Waals surface area (Å²) >= 11 is 0. The monoisotopic (exact) mass is 378 g/mol. The Labute approximate surface area is 155 Å². The minimum Gasteiger partial charge on any atom is -0.357 e. The van der Waals surface area contributed by atoms with Crippen LogP contribution in [0.25, 0.3) is 0 Å². The highest BCUT2D eigenvalue weighted by Crippen LogP contribution is 2.19. The number of aryl methyl sites for hydroxylation is 1. The second kappa shape index (κ2) is 9.61. The van der Waals surface area contributed by atoms with Gasteiger partial charge in [-0.2, -0.15) is 0 Å². The van der Waals surface area contributed by atoms with Gasteiger partial charge in [-0.1, -0.05) is 29.8 Å². The molecule has 8 heteroatoms. The summed E-state index contributed by atoms with van der Waals surface area (Å²) in [7, 11) is 0. The molecule has 27 heavy (non-hydrogen) atoms. The van der Waals surface area contributed by atoms with E-state index < -0.39 is 29.0 Å². The van der Waals surface area contributed by atoms with Crippen molar-refractivity contribution >= 4 is 17.6 Å². The summed E-state index contributed by atoms with van der Waals surface area (Å²) in [4.78, 5) is 16.3. The molecule has 0 saturated carbocycles. The quantitative estimate of drug-likeness (QED) is 0.411. The van der Waals surface area contributed by atoms with E-state index in [1.165, 1.54) is 0 Å². The molecular weight excluding hydrogens is 357 g/mol. The first-order chi connectivity index (χ1) is 12.9.